The molecule has 9 heteroatoms. The fraction of sp³-hybridized carbons (Fsp3) is 0.368. The van der Waals surface area contributed by atoms with Gasteiger partial charge in [0.05, 0.1) is 0 Å². The average Bonchev–Trinajstić information content (AvgIpc) is 3.09. The van der Waals surface area contributed by atoms with Crippen LogP contribution in [0.2, 0.25) is 0 Å². The number of nitrogens with one attached hydrogen (secondary N) is 2. The lowest BCUT2D eigenvalue weighted by molar-refractivity contribution is 0.0914. The van der Waals surface area contributed by atoms with E-state index < -0.39 is 17.5 Å². The molecule has 3 aromatic rings. The second-order valence-corrected chi connectivity index (χ2v) is 7.04. The number of aryl methyl sites for hydroxylation is 2. The Morgan fingerprint density at radius 1 is 1.21 bits per heavy atom. The molecular formula is C19H20F2N6O. The number of halogens is 2. The molecule has 0 radical (unpaired) electrons. The monoisotopic (exact) mass is 386 g/mol. The number of piperidine rings is 1. The maximum Gasteiger partial charge on any atom is 0.291 e. The third-order valence-electron chi connectivity index (χ3n) is 4.99. The number of hydrogen-bond acceptors (Lipinski definition) is 5. The van der Waals surface area contributed by atoms with Crippen molar-refractivity contribution < 1.29 is 13.6 Å². The second-order valence-electron chi connectivity index (χ2n) is 7.04. The van der Waals surface area contributed by atoms with Crippen LogP contribution in [0.1, 0.15) is 39.9 Å². The van der Waals surface area contributed by atoms with E-state index in [1.165, 1.54) is 10.6 Å². The van der Waals surface area contributed by atoms with Gasteiger partial charge in [0.1, 0.15) is 0 Å². The lowest BCUT2D eigenvalue weighted by Crippen LogP contribution is -2.50. The summed E-state index contributed by atoms with van der Waals surface area (Å²) in [6, 6.07) is 5.43. The first kappa shape index (κ1) is 18.4. The highest BCUT2D eigenvalue weighted by atomic mass is 19.2. The number of hydrogen-bond donors (Lipinski definition) is 2. The summed E-state index contributed by atoms with van der Waals surface area (Å²) in [4.78, 5) is 21.2. The van der Waals surface area contributed by atoms with Gasteiger partial charge in [0, 0.05) is 29.9 Å². The summed E-state index contributed by atoms with van der Waals surface area (Å²) < 4.78 is 28.5. The molecule has 1 saturated heterocycles. The molecule has 28 heavy (non-hydrogen) atoms. The van der Waals surface area contributed by atoms with Crippen molar-refractivity contribution in [3.8, 4) is 0 Å². The minimum absolute atomic E-state index is 0.0239. The van der Waals surface area contributed by atoms with E-state index in [2.05, 4.69) is 25.7 Å². The van der Waals surface area contributed by atoms with Crippen LogP contribution in [-0.2, 0) is 0 Å². The zero-order chi connectivity index (χ0) is 19.8. The van der Waals surface area contributed by atoms with Crippen LogP contribution in [0.15, 0.2) is 24.3 Å². The summed E-state index contributed by atoms with van der Waals surface area (Å²) in [5.74, 6) is -1.95. The third-order valence-corrected chi connectivity index (χ3v) is 4.99. The average molecular weight is 386 g/mol. The maximum absolute atomic E-state index is 13.7. The van der Waals surface area contributed by atoms with Crippen LogP contribution in [0, 0.1) is 25.5 Å². The van der Waals surface area contributed by atoms with Gasteiger partial charge in [-0.1, -0.05) is 6.07 Å². The number of benzene rings is 1. The van der Waals surface area contributed by atoms with Crippen LogP contribution >= 0.6 is 0 Å². The van der Waals surface area contributed by atoms with Gasteiger partial charge in [-0.15, -0.1) is 5.10 Å². The fourth-order valence-electron chi connectivity index (χ4n) is 3.65. The highest BCUT2D eigenvalue weighted by molar-refractivity contribution is 5.91. The van der Waals surface area contributed by atoms with E-state index in [0.717, 1.165) is 24.0 Å². The zero-order valence-corrected chi connectivity index (χ0v) is 15.5. The Hall–Kier alpha value is -2.94. The fourth-order valence-corrected chi connectivity index (χ4v) is 3.65. The molecule has 7 nitrogen and oxygen atoms in total. The molecule has 1 aromatic carbocycles. The zero-order valence-electron chi connectivity index (χ0n) is 15.5. The van der Waals surface area contributed by atoms with Gasteiger partial charge >= 0.3 is 0 Å². The van der Waals surface area contributed by atoms with Crippen molar-refractivity contribution in [3.05, 3.63) is 58.7 Å². The molecule has 2 N–H and O–H groups in total. The standard InChI is InChI=1S/C19H20F2N6O/c1-10-7-11(2)27-19(23-10)25-17(26-27)18(28)24-16-9-22-6-5-13(16)12-3-4-14(20)15(21)8-12/h3-4,7-8,13,16,22H,5-6,9H2,1-2H3,(H,24,28). The van der Waals surface area contributed by atoms with E-state index in [4.69, 9.17) is 0 Å². The molecule has 1 aliphatic rings. The number of rotatable bonds is 3. The Balaban J connectivity index is 1.58. The van der Waals surface area contributed by atoms with Crippen LogP contribution in [0.25, 0.3) is 5.78 Å². The topological polar surface area (TPSA) is 84.2 Å². The van der Waals surface area contributed by atoms with Crippen molar-refractivity contribution >= 4 is 11.7 Å². The van der Waals surface area contributed by atoms with Gasteiger partial charge in [-0.3, -0.25) is 4.79 Å². The summed E-state index contributed by atoms with van der Waals surface area (Å²) in [7, 11) is 0. The third kappa shape index (κ3) is 3.45. The Morgan fingerprint density at radius 2 is 2.04 bits per heavy atom. The molecule has 2 atom stereocenters. The normalized spacial score (nSPS) is 19.7. The van der Waals surface area contributed by atoms with Crippen molar-refractivity contribution in [3.63, 3.8) is 0 Å². The Bertz CT molecular complexity index is 1050. The number of aromatic nitrogens is 4. The first-order valence-corrected chi connectivity index (χ1v) is 9.10. The minimum Gasteiger partial charge on any atom is -0.345 e. The summed E-state index contributed by atoms with van der Waals surface area (Å²) in [5, 5.41) is 10.4. The van der Waals surface area contributed by atoms with E-state index >= 15 is 0 Å². The molecule has 4 rings (SSSR count). The number of amides is 1. The predicted molar refractivity (Wildman–Crippen MR) is 98.1 cm³/mol. The molecule has 3 heterocycles. The molecule has 2 aromatic heterocycles. The minimum atomic E-state index is -0.889. The van der Waals surface area contributed by atoms with Gasteiger partial charge in [-0.25, -0.2) is 18.3 Å². The van der Waals surface area contributed by atoms with Gasteiger partial charge < -0.3 is 10.6 Å². The Labute approximate surface area is 160 Å². The number of carbonyl (C=O) groups excluding carboxylic acids is 1. The van der Waals surface area contributed by atoms with Crippen LogP contribution in [0.4, 0.5) is 8.78 Å². The molecule has 1 fully saturated rings. The highest BCUT2D eigenvalue weighted by Gasteiger charge is 2.29. The lowest BCUT2D eigenvalue weighted by atomic mass is 9.86. The smallest absolute Gasteiger partial charge is 0.291 e. The van der Waals surface area contributed by atoms with Crippen molar-refractivity contribution in [2.24, 2.45) is 0 Å². The summed E-state index contributed by atoms with van der Waals surface area (Å²) >= 11 is 0. The molecule has 146 valence electrons. The first-order chi connectivity index (χ1) is 13.4. The molecule has 2 unspecified atom stereocenters. The molecule has 0 saturated carbocycles. The molecule has 1 amide bonds. The van der Waals surface area contributed by atoms with E-state index in [9.17, 15) is 13.6 Å². The van der Waals surface area contributed by atoms with Crippen LogP contribution in [-0.4, -0.2) is 44.6 Å². The van der Waals surface area contributed by atoms with Gasteiger partial charge in [0.2, 0.25) is 5.82 Å². The van der Waals surface area contributed by atoms with E-state index in [-0.39, 0.29) is 17.8 Å². The van der Waals surface area contributed by atoms with E-state index in [0.29, 0.717) is 24.3 Å². The van der Waals surface area contributed by atoms with Crippen LogP contribution in [0.3, 0.4) is 0 Å². The van der Waals surface area contributed by atoms with Crippen molar-refractivity contribution in [2.45, 2.75) is 32.2 Å². The number of nitrogens with zero attached hydrogens (tertiary/aromatic N) is 4. The van der Waals surface area contributed by atoms with Crippen molar-refractivity contribution in [2.75, 3.05) is 13.1 Å². The molecular weight excluding hydrogens is 366 g/mol. The summed E-state index contributed by atoms with van der Waals surface area (Å²) in [5.41, 5.74) is 2.27. The van der Waals surface area contributed by atoms with E-state index in [1.807, 2.05) is 19.9 Å². The van der Waals surface area contributed by atoms with Crippen molar-refractivity contribution in [1.29, 1.82) is 0 Å². The summed E-state index contributed by atoms with van der Waals surface area (Å²) in [6.45, 7) is 4.95. The number of carbonyl (C=O) groups is 1. The van der Waals surface area contributed by atoms with Crippen LogP contribution in [0.5, 0.6) is 0 Å². The van der Waals surface area contributed by atoms with Gasteiger partial charge in [-0.2, -0.15) is 4.98 Å². The SMILES string of the molecule is Cc1cc(C)n2nc(C(=O)NC3CNCCC3c3ccc(F)c(F)c3)nc2n1. The summed E-state index contributed by atoms with van der Waals surface area (Å²) in [6.07, 6.45) is 0.689. The Kier molecular flexibility index (Phi) is 4.76. The number of fused-ring (bicyclic) bond motifs is 1. The predicted octanol–water partition coefficient (Wildman–Crippen LogP) is 1.89. The largest absolute Gasteiger partial charge is 0.345 e. The second kappa shape index (κ2) is 7.23. The van der Waals surface area contributed by atoms with Gasteiger partial charge in [-0.05, 0) is 50.6 Å². The van der Waals surface area contributed by atoms with E-state index in [1.54, 1.807) is 6.07 Å². The molecule has 0 spiro atoms. The lowest BCUT2D eigenvalue weighted by Gasteiger charge is -2.33. The first-order valence-electron chi connectivity index (χ1n) is 9.10. The molecule has 0 aliphatic carbocycles. The Morgan fingerprint density at radius 3 is 2.82 bits per heavy atom. The highest BCUT2D eigenvalue weighted by Crippen LogP contribution is 2.27. The molecule has 0 bridgehead atoms. The van der Waals surface area contributed by atoms with Crippen LogP contribution < -0.4 is 10.6 Å². The van der Waals surface area contributed by atoms with Gasteiger partial charge in [0.15, 0.2) is 11.6 Å². The quantitative estimate of drug-likeness (QED) is 0.718. The molecule has 1 aliphatic heterocycles. The maximum atomic E-state index is 13.7. The van der Waals surface area contributed by atoms with Gasteiger partial charge in [0.25, 0.3) is 11.7 Å². The van der Waals surface area contributed by atoms with Crippen molar-refractivity contribution in [1.82, 2.24) is 30.2 Å².